The molecule has 0 saturated carbocycles. The summed E-state index contributed by atoms with van der Waals surface area (Å²) in [6.07, 6.45) is 0.627. The fraction of sp³-hybridized carbons (Fsp3) is 0.0870. The lowest BCUT2D eigenvalue weighted by Gasteiger charge is -2.09. The van der Waals surface area contributed by atoms with Crippen molar-refractivity contribution in [1.82, 2.24) is 0 Å². The third kappa shape index (κ3) is 6.90. The molecular weight excluding hydrogens is 398 g/mol. The van der Waals surface area contributed by atoms with Crippen LogP contribution in [-0.2, 0) is 14.3 Å². The van der Waals surface area contributed by atoms with Crippen LogP contribution in [0.5, 0.6) is 5.75 Å². The number of rotatable bonds is 9. The van der Waals surface area contributed by atoms with Crippen LogP contribution >= 0.6 is 0 Å². The predicted octanol–water partition coefficient (Wildman–Crippen LogP) is 4.48. The first-order chi connectivity index (χ1) is 15.1. The molecule has 31 heavy (non-hydrogen) atoms. The highest BCUT2D eigenvalue weighted by Gasteiger charge is 2.10. The minimum Gasteiger partial charge on any atom is -0.481 e. The maximum absolute atomic E-state index is 12.0. The molecule has 0 radical (unpaired) electrons. The van der Waals surface area contributed by atoms with Gasteiger partial charge in [0, 0.05) is 5.69 Å². The minimum absolute atomic E-state index is 0.267. The van der Waals surface area contributed by atoms with Crippen LogP contribution in [-0.4, -0.2) is 31.4 Å². The summed E-state index contributed by atoms with van der Waals surface area (Å²) in [6, 6.07) is 22.5. The SMILES string of the molecule is O=Cc1ccccc1OCC(=O)OCC(=O)Nc1ccc(N=Nc2ccccc2)cc1. The second kappa shape index (κ2) is 11.0. The van der Waals surface area contributed by atoms with E-state index in [2.05, 4.69) is 15.5 Å². The zero-order chi connectivity index (χ0) is 21.9. The van der Waals surface area contributed by atoms with Gasteiger partial charge in [-0.15, -0.1) is 0 Å². The van der Waals surface area contributed by atoms with E-state index in [9.17, 15) is 14.4 Å². The van der Waals surface area contributed by atoms with E-state index in [-0.39, 0.29) is 5.75 Å². The second-order valence-electron chi connectivity index (χ2n) is 6.24. The Morgan fingerprint density at radius 2 is 1.45 bits per heavy atom. The highest BCUT2D eigenvalue weighted by molar-refractivity contribution is 5.93. The van der Waals surface area contributed by atoms with Gasteiger partial charge >= 0.3 is 5.97 Å². The largest absolute Gasteiger partial charge is 0.481 e. The van der Waals surface area contributed by atoms with Crippen LogP contribution < -0.4 is 10.1 Å². The number of esters is 1. The summed E-state index contributed by atoms with van der Waals surface area (Å²) < 4.78 is 10.1. The van der Waals surface area contributed by atoms with Gasteiger partial charge in [0.05, 0.1) is 16.9 Å². The maximum Gasteiger partial charge on any atom is 0.344 e. The summed E-state index contributed by atoms with van der Waals surface area (Å²) in [5.74, 6) is -0.962. The van der Waals surface area contributed by atoms with Gasteiger partial charge in [0.2, 0.25) is 0 Å². The van der Waals surface area contributed by atoms with Crippen LogP contribution in [0, 0.1) is 0 Å². The van der Waals surface area contributed by atoms with Gasteiger partial charge in [-0.05, 0) is 48.5 Å². The monoisotopic (exact) mass is 417 g/mol. The number of hydrogen-bond acceptors (Lipinski definition) is 7. The summed E-state index contributed by atoms with van der Waals surface area (Å²) in [5.41, 5.74) is 2.21. The first kappa shape index (κ1) is 21.4. The Labute approximate surface area is 178 Å². The molecule has 3 rings (SSSR count). The number of amides is 1. The van der Waals surface area contributed by atoms with Gasteiger partial charge in [-0.25, -0.2) is 4.79 Å². The standard InChI is InChI=1S/C23H19N3O5/c27-14-17-6-4-5-9-21(17)30-16-23(29)31-15-22(28)24-18-10-12-20(13-11-18)26-25-19-7-2-1-3-8-19/h1-14H,15-16H2,(H,24,28). The Morgan fingerprint density at radius 1 is 0.806 bits per heavy atom. The van der Waals surface area contributed by atoms with Crippen LogP contribution in [0.15, 0.2) is 89.1 Å². The molecule has 0 fully saturated rings. The summed E-state index contributed by atoms with van der Waals surface area (Å²) in [4.78, 5) is 34.7. The molecule has 0 spiro atoms. The Kier molecular flexibility index (Phi) is 7.59. The first-order valence-electron chi connectivity index (χ1n) is 9.33. The van der Waals surface area contributed by atoms with Crippen LogP contribution in [0.3, 0.4) is 0 Å². The molecule has 0 aliphatic rings. The van der Waals surface area contributed by atoms with E-state index < -0.39 is 25.1 Å². The van der Waals surface area contributed by atoms with Gasteiger partial charge in [-0.2, -0.15) is 10.2 Å². The van der Waals surface area contributed by atoms with Crippen molar-refractivity contribution in [3.63, 3.8) is 0 Å². The zero-order valence-corrected chi connectivity index (χ0v) is 16.4. The van der Waals surface area contributed by atoms with E-state index in [0.29, 0.717) is 23.2 Å². The minimum atomic E-state index is -0.729. The van der Waals surface area contributed by atoms with Crippen molar-refractivity contribution < 1.29 is 23.9 Å². The quantitative estimate of drug-likeness (QED) is 0.314. The molecule has 0 aromatic heterocycles. The van der Waals surface area contributed by atoms with Gasteiger partial charge in [-0.1, -0.05) is 30.3 Å². The van der Waals surface area contributed by atoms with Gasteiger partial charge in [0.15, 0.2) is 19.5 Å². The summed E-state index contributed by atoms with van der Waals surface area (Å²) >= 11 is 0. The average molecular weight is 417 g/mol. The third-order valence-corrected chi connectivity index (χ3v) is 3.94. The van der Waals surface area contributed by atoms with Crippen molar-refractivity contribution in [3.8, 4) is 5.75 Å². The summed E-state index contributed by atoms with van der Waals surface area (Å²) in [5, 5.41) is 10.9. The number of para-hydroxylation sites is 1. The molecule has 1 N–H and O–H groups in total. The van der Waals surface area contributed by atoms with E-state index in [0.717, 1.165) is 5.69 Å². The highest BCUT2D eigenvalue weighted by Crippen LogP contribution is 2.20. The van der Waals surface area contributed by atoms with Crippen molar-refractivity contribution in [3.05, 3.63) is 84.4 Å². The molecule has 3 aromatic carbocycles. The second-order valence-corrected chi connectivity index (χ2v) is 6.24. The Morgan fingerprint density at radius 3 is 2.16 bits per heavy atom. The molecule has 0 saturated heterocycles. The van der Waals surface area contributed by atoms with Crippen LogP contribution in [0.1, 0.15) is 10.4 Å². The summed E-state index contributed by atoms with van der Waals surface area (Å²) in [7, 11) is 0. The van der Waals surface area contributed by atoms with Crippen molar-refractivity contribution >= 4 is 35.2 Å². The fourth-order valence-corrected chi connectivity index (χ4v) is 2.45. The molecule has 3 aromatic rings. The number of aldehydes is 1. The van der Waals surface area contributed by atoms with Crippen LogP contribution in [0.2, 0.25) is 0 Å². The van der Waals surface area contributed by atoms with E-state index in [1.54, 1.807) is 48.5 Å². The maximum atomic E-state index is 12.0. The van der Waals surface area contributed by atoms with Crippen LogP contribution in [0.4, 0.5) is 17.1 Å². The van der Waals surface area contributed by atoms with Crippen LogP contribution in [0.25, 0.3) is 0 Å². The van der Waals surface area contributed by atoms with Crippen molar-refractivity contribution in [2.75, 3.05) is 18.5 Å². The number of carbonyl (C=O) groups excluding carboxylic acids is 3. The Balaban J connectivity index is 1.42. The molecule has 0 bridgehead atoms. The normalized spacial score (nSPS) is 10.5. The number of ether oxygens (including phenoxy) is 2. The van der Waals surface area contributed by atoms with E-state index in [1.807, 2.05) is 30.3 Å². The van der Waals surface area contributed by atoms with E-state index in [1.165, 1.54) is 0 Å². The number of carbonyl (C=O) groups is 3. The van der Waals surface area contributed by atoms with Crippen molar-refractivity contribution in [2.45, 2.75) is 0 Å². The van der Waals surface area contributed by atoms with Gasteiger partial charge in [0.1, 0.15) is 5.75 Å². The molecule has 8 nitrogen and oxygen atoms in total. The van der Waals surface area contributed by atoms with Gasteiger partial charge in [0.25, 0.3) is 5.91 Å². The lowest BCUT2D eigenvalue weighted by Crippen LogP contribution is -2.23. The molecule has 0 atom stereocenters. The Hall–Kier alpha value is -4.33. The van der Waals surface area contributed by atoms with Crippen molar-refractivity contribution in [1.29, 1.82) is 0 Å². The van der Waals surface area contributed by atoms with Gasteiger partial charge < -0.3 is 14.8 Å². The molecule has 8 heteroatoms. The molecule has 0 unspecified atom stereocenters. The fourth-order valence-electron chi connectivity index (χ4n) is 2.45. The molecular formula is C23H19N3O5. The number of nitrogens with zero attached hydrogens (tertiary/aromatic N) is 2. The number of nitrogens with one attached hydrogen (secondary N) is 1. The number of azo groups is 1. The average Bonchev–Trinajstić information content (AvgIpc) is 2.82. The molecule has 1 amide bonds. The van der Waals surface area contributed by atoms with Gasteiger partial charge in [-0.3, -0.25) is 9.59 Å². The predicted molar refractivity (Wildman–Crippen MR) is 114 cm³/mol. The number of hydrogen-bond donors (Lipinski definition) is 1. The van der Waals surface area contributed by atoms with E-state index >= 15 is 0 Å². The number of anilines is 1. The first-order valence-corrected chi connectivity index (χ1v) is 9.33. The van der Waals surface area contributed by atoms with E-state index in [4.69, 9.17) is 9.47 Å². The topological polar surface area (TPSA) is 106 Å². The summed E-state index contributed by atoms with van der Waals surface area (Å²) in [6.45, 7) is -0.883. The highest BCUT2D eigenvalue weighted by atomic mass is 16.6. The molecule has 0 aliphatic carbocycles. The molecule has 0 aliphatic heterocycles. The van der Waals surface area contributed by atoms with Crippen molar-refractivity contribution in [2.24, 2.45) is 10.2 Å². The Bertz CT molecular complexity index is 1070. The third-order valence-electron chi connectivity index (χ3n) is 3.94. The zero-order valence-electron chi connectivity index (χ0n) is 16.4. The number of benzene rings is 3. The lowest BCUT2D eigenvalue weighted by atomic mass is 10.2. The smallest absolute Gasteiger partial charge is 0.344 e. The molecule has 0 heterocycles. The lowest BCUT2D eigenvalue weighted by molar-refractivity contribution is -0.149. The molecule has 156 valence electrons.